The van der Waals surface area contributed by atoms with Crippen molar-refractivity contribution >= 4 is 0 Å². The fourth-order valence-electron chi connectivity index (χ4n) is 6.00. The van der Waals surface area contributed by atoms with Gasteiger partial charge in [0.15, 0.2) is 11.6 Å². The summed E-state index contributed by atoms with van der Waals surface area (Å²) in [5.74, 6) is -0.614. The molecule has 1 heterocycles. The maximum atomic E-state index is 15.1. The van der Waals surface area contributed by atoms with E-state index in [2.05, 4.69) is 6.92 Å². The minimum Gasteiger partial charge on any atom is -0.374 e. The Morgan fingerprint density at radius 1 is 0.794 bits per heavy atom. The molecule has 34 heavy (non-hydrogen) atoms. The molecule has 3 fully saturated rings. The zero-order valence-electron chi connectivity index (χ0n) is 20.0. The third-order valence-corrected chi connectivity index (χ3v) is 8.35. The second-order valence-electron chi connectivity index (χ2n) is 10.5. The molecule has 2 nitrogen and oxygen atoms in total. The van der Waals surface area contributed by atoms with E-state index in [1.807, 2.05) is 18.2 Å². The van der Waals surface area contributed by atoms with Crippen LogP contribution in [0.15, 0.2) is 30.3 Å². The van der Waals surface area contributed by atoms with Crippen LogP contribution in [0.3, 0.4) is 0 Å². The van der Waals surface area contributed by atoms with Crippen molar-refractivity contribution < 1.29 is 22.6 Å². The first kappa shape index (κ1) is 23.9. The summed E-state index contributed by atoms with van der Waals surface area (Å²) in [4.78, 5) is 0. The maximum Gasteiger partial charge on any atom is 0.162 e. The maximum absolute atomic E-state index is 15.1. The van der Waals surface area contributed by atoms with Crippen LogP contribution in [0.1, 0.15) is 105 Å². The number of ether oxygens (including phenoxy) is 2. The Labute approximate surface area is 200 Å². The molecule has 2 aromatic rings. The number of epoxide rings is 1. The van der Waals surface area contributed by atoms with Crippen molar-refractivity contribution in [3.8, 4) is 0 Å². The number of benzene rings is 2. The molecule has 0 aromatic heterocycles. The molecule has 0 N–H and O–H groups in total. The van der Waals surface area contributed by atoms with Crippen molar-refractivity contribution in [2.24, 2.45) is 5.92 Å². The monoisotopic (exact) mass is 472 g/mol. The van der Waals surface area contributed by atoms with Crippen LogP contribution >= 0.6 is 0 Å². The predicted molar refractivity (Wildman–Crippen MR) is 126 cm³/mol. The lowest BCUT2D eigenvalue weighted by molar-refractivity contribution is 0.0130. The first-order valence-electron chi connectivity index (χ1n) is 13.0. The largest absolute Gasteiger partial charge is 0.374 e. The summed E-state index contributed by atoms with van der Waals surface area (Å²) in [5.41, 5.74) is 2.50. The number of halogens is 3. The first-order chi connectivity index (χ1) is 16.5. The molecular formula is C29H35F3O2. The smallest absolute Gasteiger partial charge is 0.162 e. The molecule has 1 aliphatic heterocycles. The molecule has 2 aliphatic carbocycles. The van der Waals surface area contributed by atoms with E-state index < -0.39 is 11.6 Å². The van der Waals surface area contributed by atoms with Crippen LogP contribution in [0.2, 0.25) is 0 Å². The van der Waals surface area contributed by atoms with Gasteiger partial charge >= 0.3 is 0 Å². The highest BCUT2D eigenvalue weighted by molar-refractivity contribution is 5.32. The summed E-state index contributed by atoms with van der Waals surface area (Å²) in [6.45, 7) is 3.15. The average Bonchev–Trinajstić information content (AvgIpc) is 3.70. The molecule has 0 radical (unpaired) electrons. The van der Waals surface area contributed by atoms with Crippen molar-refractivity contribution in [3.63, 3.8) is 0 Å². The van der Waals surface area contributed by atoms with Crippen LogP contribution in [-0.4, -0.2) is 12.7 Å². The average molecular weight is 473 g/mol. The lowest BCUT2D eigenvalue weighted by Gasteiger charge is -2.31. The minimum absolute atomic E-state index is 0.0227. The summed E-state index contributed by atoms with van der Waals surface area (Å²) in [6.07, 6.45) is 8.41. The highest BCUT2D eigenvalue weighted by Gasteiger charge is 2.30. The second-order valence-corrected chi connectivity index (χ2v) is 10.5. The summed E-state index contributed by atoms with van der Waals surface area (Å²) in [6, 6.07) is 8.87. The van der Waals surface area contributed by atoms with Crippen molar-refractivity contribution in [1.82, 2.24) is 0 Å². The standard InChI is InChI=1S/C29H35F3O2/c1-2-18-3-6-20(7-4-18)23-13-14-24(29(32)28(23)31)21-8-10-22(11-9-21)33-16-19-5-12-25(26(30)15-19)27-17-34-27/h5,12-15,18,20-22,27H,2-4,6-11,16-17H2,1H3. The van der Waals surface area contributed by atoms with Crippen LogP contribution in [0.5, 0.6) is 0 Å². The third-order valence-electron chi connectivity index (χ3n) is 8.35. The Morgan fingerprint density at radius 3 is 1.88 bits per heavy atom. The van der Waals surface area contributed by atoms with Gasteiger partial charge in [0, 0.05) is 5.56 Å². The fraction of sp³-hybridized carbons (Fsp3) is 0.586. The summed E-state index contributed by atoms with van der Waals surface area (Å²) >= 11 is 0. The van der Waals surface area contributed by atoms with Gasteiger partial charge in [-0.15, -0.1) is 0 Å². The second kappa shape index (κ2) is 10.4. The minimum atomic E-state index is -0.644. The van der Waals surface area contributed by atoms with Crippen LogP contribution < -0.4 is 0 Å². The zero-order chi connectivity index (χ0) is 23.7. The molecule has 184 valence electrons. The molecule has 1 atom stereocenters. The molecular weight excluding hydrogens is 437 g/mol. The van der Waals surface area contributed by atoms with Crippen LogP contribution in [-0.2, 0) is 16.1 Å². The molecule has 5 rings (SSSR count). The summed E-state index contributed by atoms with van der Waals surface area (Å²) < 4.78 is 55.5. The Hall–Kier alpha value is -1.85. The van der Waals surface area contributed by atoms with Gasteiger partial charge in [-0.2, -0.15) is 0 Å². The predicted octanol–water partition coefficient (Wildman–Crippen LogP) is 8.10. The van der Waals surface area contributed by atoms with Gasteiger partial charge in [-0.3, -0.25) is 0 Å². The van der Waals surface area contributed by atoms with Crippen molar-refractivity contribution in [2.45, 2.75) is 95.4 Å². The van der Waals surface area contributed by atoms with E-state index in [0.29, 0.717) is 29.9 Å². The molecule has 0 spiro atoms. The highest BCUT2D eigenvalue weighted by atomic mass is 19.2. The molecule has 1 saturated heterocycles. The number of hydrogen-bond donors (Lipinski definition) is 0. The molecule has 0 bridgehead atoms. The quantitative estimate of drug-likeness (QED) is 0.380. The van der Waals surface area contributed by atoms with Gasteiger partial charge in [-0.25, -0.2) is 13.2 Å². The van der Waals surface area contributed by atoms with E-state index in [1.54, 1.807) is 6.07 Å². The van der Waals surface area contributed by atoms with Crippen molar-refractivity contribution in [3.05, 3.63) is 70.0 Å². The molecule has 3 aliphatic rings. The molecule has 2 saturated carbocycles. The topological polar surface area (TPSA) is 21.8 Å². The van der Waals surface area contributed by atoms with E-state index >= 15 is 8.78 Å². The van der Waals surface area contributed by atoms with Crippen LogP contribution in [0, 0.1) is 23.4 Å². The number of hydrogen-bond acceptors (Lipinski definition) is 2. The lowest BCUT2D eigenvalue weighted by Crippen LogP contribution is -2.22. The fourth-order valence-corrected chi connectivity index (χ4v) is 6.00. The Morgan fingerprint density at radius 2 is 1.35 bits per heavy atom. The van der Waals surface area contributed by atoms with Crippen molar-refractivity contribution in [1.29, 1.82) is 0 Å². The lowest BCUT2D eigenvalue weighted by atomic mass is 9.76. The molecule has 0 amide bonds. The van der Waals surface area contributed by atoms with Gasteiger partial charge in [0.1, 0.15) is 11.9 Å². The van der Waals surface area contributed by atoms with E-state index in [-0.39, 0.29) is 29.9 Å². The van der Waals surface area contributed by atoms with Crippen molar-refractivity contribution in [2.75, 3.05) is 6.61 Å². The SMILES string of the molecule is CCC1CCC(c2ccc(C3CCC(OCc4ccc(C5CO5)c(F)c4)CC3)c(F)c2F)CC1. The van der Waals surface area contributed by atoms with Gasteiger partial charge in [0.2, 0.25) is 0 Å². The van der Waals surface area contributed by atoms with Gasteiger partial charge in [0.05, 0.1) is 19.3 Å². The third kappa shape index (κ3) is 5.21. The summed E-state index contributed by atoms with van der Waals surface area (Å²) in [7, 11) is 0. The molecule has 1 unspecified atom stereocenters. The molecule has 5 heteroatoms. The van der Waals surface area contributed by atoms with E-state index in [0.717, 1.165) is 62.8 Å². The Balaban J connectivity index is 1.15. The summed E-state index contributed by atoms with van der Waals surface area (Å²) in [5, 5.41) is 0. The van der Waals surface area contributed by atoms with E-state index in [4.69, 9.17) is 9.47 Å². The van der Waals surface area contributed by atoms with Crippen LogP contribution in [0.4, 0.5) is 13.2 Å². The van der Waals surface area contributed by atoms with Gasteiger partial charge in [-0.05, 0) is 91.9 Å². The van der Waals surface area contributed by atoms with Crippen LogP contribution in [0.25, 0.3) is 0 Å². The van der Waals surface area contributed by atoms with E-state index in [1.165, 1.54) is 12.5 Å². The van der Waals surface area contributed by atoms with E-state index in [9.17, 15) is 4.39 Å². The molecule has 2 aromatic carbocycles. The van der Waals surface area contributed by atoms with Gasteiger partial charge < -0.3 is 9.47 Å². The Bertz CT molecular complexity index is 987. The number of rotatable bonds is 7. The normalized spacial score (nSPS) is 29.2. The zero-order valence-corrected chi connectivity index (χ0v) is 20.0. The highest BCUT2D eigenvalue weighted by Crippen LogP contribution is 2.41. The first-order valence-corrected chi connectivity index (χ1v) is 13.0. The van der Waals surface area contributed by atoms with Gasteiger partial charge in [0.25, 0.3) is 0 Å². The Kier molecular flexibility index (Phi) is 7.31. The van der Waals surface area contributed by atoms with Gasteiger partial charge in [-0.1, -0.05) is 37.6 Å².